The van der Waals surface area contributed by atoms with Crippen LogP contribution in [0.15, 0.2) is 0 Å². The standard InChI is InChI=1S/4Ti.W. The van der Waals surface area contributed by atoms with Gasteiger partial charge in [-0.3, -0.25) is 0 Å². The van der Waals surface area contributed by atoms with Gasteiger partial charge in [0.25, 0.3) is 0 Å². The Balaban J connectivity index is 0. The molecule has 0 aliphatic carbocycles. The fraction of sp³-hybridized carbons (Fsp3) is 0. The molecule has 0 rings (SSSR count). The Morgan fingerprint density at radius 2 is 0.400 bits per heavy atom. The monoisotopic (exact) mass is 376 g/mol. The Morgan fingerprint density at radius 3 is 0.400 bits per heavy atom. The second kappa shape index (κ2) is 25.7. The molecule has 5 heteroatoms. The topological polar surface area (TPSA) is 0 Å². The SMILES string of the molecule is [Ti].[Ti].[Ti].[Ti].[W]. The van der Waals surface area contributed by atoms with E-state index in [1.54, 1.807) is 0 Å². The predicted molar refractivity (Wildman–Crippen MR) is 0 cm³/mol. The van der Waals surface area contributed by atoms with Crippen molar-refractivity contribution in [3.8, 4) is 0 Å². The minimum atomic E-state index is 0. The largest absolute Gasteiger partial charge is 0 e. The second-order valence-corrected chi connectivity index (χ2v) is 0. The van der Waals surface area contributed by atoms with Crippen LogP contribution in [0.25, 0.3) is 0 Å². The molecule has 0 aliphatic rings. The molecule has 0 aromatic carbocycles. The Kier molecular flexibility index (Phi) is 199. The molecular formula is Ti4W. The third-order valence-corrected chi connectivity index (χ3v) is 0. The normalized spacial score (nSPS) is 0. The first-order valence-electron chi connectivity index (χ1n) is 0. The van der Waals surface area contributed by atoms with Crippen molar-refractivity contribution in [1.29, 1.82) is 0 Å². The first kappa shape index (κ1) is 38.7. The van der Waals surface area contributed by atoms with Gasteiger partial charge < -0.3 is 0 Å². The van der Waals surface area contributed by atoms with Crippen molar-refractivity contribution in [2.45, 2.75) is 0 Å². The van der Waals surface area contributed by atoms with E-state index in [0.717, 1.165) is 0 Å². The first-order chi connectivity index (χ1) is 0. The van der Waals surface area contributed by atoms with Gasteiger partial charge in [0.2, 0.25) is 0 Å². The summed E-state index contributed by atoms with van der Waals surface area (Å²) in [4.78, 5) is 0. The third kappa shape index (κ3) is 18.5. The van der Waals surface area contributed by atoms with Gasteiger partial charge in [0.05, 0.1) is 0 Å². The molecule has 5 heavy (non-hydrogen) atoms. The van der Waals surface area contributed by atoms with Crippen LogP contribution in [-0.2, 0) is 108 Å². The molecule has 0 bridgehead atoms. The maximum Gasteiger partial charge on any atom is 0 e. The predicted octanol–water partition coefficient (Wildman–Crippen LogP) is -0.0125. The number of hydrogen-bond acceptors (Lipinski definition) is 0. The molecule has 0 atom stereocenters. The molecule has 0 aliphatic heterocycles. The molecule has 0 unspecified atom stereocenters. The summed E-state index contributed by atoms with van der Waals surface area (Å²) < 4.78 is 0. The molecule has 0 fully saturated rings. The molecule has 0 saturated carbocycles. The number of rotatable bonds is 0. The summed E-state index contributed by atoms with van der Waals surface area (Å²) in [6, 6.07) is 0. The Morgan fingerprint density at radius 1 is 0.400 bits per heavy atom. The molecule has 0 aromatic heterocycles. The molecule has 0 heterocycles. The Hall–Kier alpha value is 3.55. The third-order valence-electron chi connectivity index (χ3n) is 0. The summed E-state index contributed by atoms with van der Waals surface area (Å²) in [5.74, 6) is 0. The molecule has 0 nitrogen and oxygen atoms in total. The summed E-state index contributed by atoms with van der Waals surface area (Å²) in [5, 5.41) is 0. The van der Waals surface area contributed by atoms with Gasteiger partial charge in [-0.1, -0.05) is 0 Å². The van der Waals surface area contributed by atoms with E-state index in [-0.39, 0.29) is 108 Å². The molecule has 0 spiro atoms. The average molecular weight is 375 g/mol. The van der Waals surface area contributed by atoms with E-state index in [2.05, 4.69) is 0 Å². The minimum absolute atomic E-state index is 0. The molecule has 0 radical (unpaired) electrons. The van der Waals surface area contributed by atoms with E-state index in [1.165, 1.54) is 0 Å². The van der Waals surface area contributed by atoms with Crippen LogP contribution in [0.5, 0.6) is 0 Å². The van der Waals surface area contributed by atoms with Gasteiger partial charge in [-0.05, 0) is 0 Å². The fourth-order valence-corrected chi connectivity index (χ4v) is 0. The molecular weight excluding hydrogens is 375 g/mol. The van der Waals surface area contributed by atoms with Crippen molar-refractivity contribution < 1.29 is 108 Å². The van der Waals surface area contributed by atoms with Crippen LogP contribution < -0.4 is 0 Å². The average Bonchev–Trinajstić information content (AvgIpc) is 0. The van der Waals surface area contributed by atoms with Crippen LogP contribution in [0, 0.1) is 0 Å². The Bertz CT molecular complexity index is 3.61. The van der Waals surface area contributed by atoms with Crippen LogP contribution in [-0.4, -0.2) is 0 Å². The van der Waals surface area contributed by atoms with Gasteiger partial charge in [0.1, 0.15) is 0 Å². The zero-order valence-corrected chi connectivity index (χ0v) is 11.6. The fourth-order valence-electron chi connectivity index (χ4n) is 0. The zero-order chi connectivity index (χ0) is 0. The van der Waals surface area contributed by atoms with Crippen LogP contribution in [0.2, 0.25) is 0 Å². The van der Waals surface area contributed by atoms with Crippen molar-refractivity contribution in [3.05, 3.63) is 0 Å². The van der Waals surface area contributed by atoms with E-state index >= 15 is 0 Å². The maximum atomic E-state index is 0. The van der Waals surface area contributed by atoms with Crippen molar-refractivity contribution in [2.75, 3.05) is 0 Å². The second-order valence-electron chi connectivity index (χ2n) is 0. The van der Waals surface area contributed by atoms with Gasteiger partial charge in [-0.25, -0.2) is 0 Å². The van der Waals surface area contributed by atoms with Crippen LogP contribution >= 0.6 is 0 Å². The summed E-state index contributed by atoms with van der Waals surface area (Å²) in [6.07, 6.45) is 0. The summed E-state index contributed by atoms with van der Waals surface area (Å²) in [5.41, 5.74) is 0. The molecule has 0 N–H and O–H groups in total. The molecule has 0 aromatic rings. The molecule has 0 saturated heterocycles. The van der Waals surface area contributed by atoms with Crippen LogP contribution in [0.3, 0.4) is 0 Å². The summed E-state index contributed by atoms with van der Waals surface area (Å²) in [6.45, 7) is 0. The van der Waals surface area contributed by atoms with Crippen molar-refractivity contribution in [3.63, 3.8) is 0 Å². The summed E-state index contributed by atoms with van der Waals surface area (Å²) in [7, 11) is 0. The van der Waals surface area contributed by atoms with Crippen molar-refractivity contribution in [1.82, 2.24) is 0 Å². The van der Waals surface area contributed by atoms with E-state index in [0.29, 0.717) is 0 Å². The van der Waals surface area contributed by atoms with Crippen LogP contribution in [0.1, 0.15) is 0 Å². The van der Waals surface area contributed by atoms with E-state index in [9.17, 15) is 0 Å². The quantitative estimate of drug-likeness (QED) is 0.523. The zero-order valence-electron chi connectivity index (χ0n) is 2.41. The minimum Gasteiger partial charge on any atom is 0 e. The smallest absolute Gasteiger partial charge is 0 e. The maximum absolute atomic E-state index is 0. The van der Waals surface area contributed by atoms with Crippen molar-refractivity contribution in [2.24, 2.45) is 0 Å². The molecule has 0 amide bonds. The first-order valence-corrected chi connectivity index (χ1v) is 0. The van der Waals surface area contributed by atoms with Crippen molar-refractivity contribution >= 4 is 0 Å². The summed E-state index contributed by atoms with van der Waals surface area (Å²) >= 11 is 0. The van der Waals surface area contributed by atoms with Crippen LogP contribution in [0.4, 0.5) is 0 Å². The van der Waals surface area contributed by atoms with Gasteiger partial charge in [0, 0.05) is 108 Å². The molecule has 22 valence electrons. The van der Waals surface area contributed by atoms with Gasteiger partial charge in [0.15, 0.2) is 0 Å². The number of hydrogen-bond donors (Lipinski definition) is 0. The van der Waals surface area contributed by atoms with Gasteiger partial charge in [-0.2, -0.15) is 0 Å². The van der Waals surface area contributed by atoms with E-state index in [1.807, 2.05) is 0 Å². The Labute approximate surface area is 106 Å². The van der Waals surface area contributed by atoms with Gasteiger partial charge in [-0.15, -0.1) is 0 Å². The van der Waals surface area contributed by atoms with E-state index in [4.69, 9.17) is 0 Å². The van der Waals surface area contributed by atoms with Gasteiger partial charge >= 0.3 is 0 Å². The van der Waals surface area contributed by atoms with E-state index < -0.39 is 0 Å².